The Morgan fingerprint density at radius 2 is 1.88 bits per heavy atom. The van der Waals surface area contributed by atoms with Gasteiger partial charge in [-0.2, -0.15) is 0 Å². The van der Waals surface area contributed by atoms with Gasteiger partial charge >= 0.3 is 0 Å². The molecule has 2 atom stereocenters. The van der Waals surface area contributed by atoms with Crippen LogP contribution in [0.5, 0.6) is 0 Å². The van der Waals surface area contributed by atoms with E-state index in [1.54, 1.807) is 7.11 Å². The second kappa shape index (κ2) is 6.89. The molecule has 90 valence electrons. The molecule has 0 saturated heterocycles. The first-order valence-electron chi connectivity index (χ1n) is 5.62. The number of methoxy groups -OCH3 is 1. The summed E-state index contributed by atoms with van der Waals surface area (Å²) in [6.45, 7) is 5.12. The van der Waals surface area contributed by atoms with Crippen LogP contribution in [-0.2, 0) is 11.2 Å². The Bertz CT molecular complexity index is 299. The average Bonchev–Trinajstić information content (AvgIpc) is 2.29. The standard InChI is InChI=1S/C13H20ClNO/c1-10(15-9-11(2)16-3)8-12-4-6-13(14)7-5-12/h4-7,10-11,15H,8-9H2,1-3H3. The zero-order chi connectivity index (χ0) is 12.0. The smallest absolute Gasteiger partial charge is 0.0667 e. The first kappa shape index (κ1) is 13.5. The second-order valence-electron chi connectivity index (χ2n) is 4.19. The fourth-order valence-electron chi connectivity index (χ4n) is 1.50. The van der Waals surface area contributed by atoms with Crippen molar-refractivity contribution in [1.82, 2.24) is 5.32 Å². The molecule has 0 aliphatic rings. The summed E-state index contributed by atoms with van der Waals surface area (Å²) in [5, 5.41) is 4.23. The molecule has 2 unspecified atom stereocenters. The van der Waals surface area contributed by atoms with Crippen molar-refractivity contribution in [3.63, 3.8) is 0 Å². The topological polar surface area (TPSA) is 21.3 Å². The van der Waals surface area contributed by atoms with E-state index >= 15 is 0 Å². The van der Waals surface area contributed by atoms with Crippen LogP contribution in [0.15, 0.2) is 24.3 Å². The number of rotatable bonds is 6. The van der Waals surface area contributed by atoms with Gasteiger partial charge in [0, 0.05) is 24.7 Å². The number of nitrogens with one attached hydrogen (secondary N) is 1. The number of ether oxygens (including phenoxy) is 1. The maximum atomic E-state index is 5.84. The van der Waals surface area contributed by atoms with Gasteiger partial charge in [-0.05, 0) is 38.0 Å². The highest BCUT2D eigenvalue weighted by Gasteiger charge is 2.05. The number of hydrogen-bond acceptors (Lipinski definition) is 2. The van der Waals surface area contributed by atoms with Crippen molar-refractivity contribution < 1.29 is 4.74 Å². The first-order valence-corrected chi connectivity index (χ1v) is 6.00. The lowest BCUT2D eigenvalue weighted by molar-refractivity contribution is 0.115. The minimum absolute atomic E-state index is 0.257. The molecule has 0 fully saturated rings. The van der Waals surface area contributed by atoms with Gasteiger partial charge in [0.2, 0.25) is 0 Å². The Morgan fingerprint density at radius 3 is 2.44 bits per heavy atom. The normalized spacial score (nSPS) is 14.8. The number of halogens is 1. The summed E-state index contributed by atoms with van der Waals surface area (Å²) < 4.78 is 5.19. The van der Waals surface area contributed by atoms with Gasteiger partial charge in [-0.15, -0.1) is 0 Å². The van der Waals surface area contributed by atoms with Crippen LogP contribution in [0.4, 0.5) is 0 Å². The highest BCUT2D eigenvalue weighted by molar-refractivity contribution is 6.30. The second-order valence-corrected chi connectivity index (χ2v) is 4.62. The highest BCUT2D eigenvalue weighted by atomic mass is 35.5. The van der Waals surface area contributed by atoms with E-state index in [2.05, 4.69) is 31.3 Å². The molecule has 1 rings (SSSR count). The van der Waals surface area contributed by atoms with Crippen LogP contribution in [0.25, 0.3) is 0 Å². The van der Waals surface area contributed by atoms with Crippen LogP contribution in [0.2, 0.25) is 5.02 Å². The van der Waals surface area contributed by atoms with Crippen molar-refractivity contribution in [2.75, 3.05) is 13.7 Å². The van der Waals surface area contributed by atoms with Crippen LogP contribution in [-0.4, -0.2) is 25.8 Å². The van der Waals surface area contributed by atoms with Crippen molar-refractivity contribution >= 4 is 11.6 Å². The first-order chi connectivity index (χ1) is 7.61. The third-order valence-corrected chi connectivity index (χ3v) is 2.86. The number of benzene rings is 1. The molecule has 1 N–H and O–H groups in total. The minimum Gasteiger partial charge on any atom is -0.380 e. The van der Waals surface area contributed by atoms with Gasteiger partial charge in [-0.25, -0.2) is 0 Å². The Labute approximate surface area is 103 Å². The summed E-state index contributed by atoms with van der Waals surface area (Å²) in [7, 11) is 1.73. The molecule has 0 spiro atoms. The Kier molecular flexibility index (Phi) is 5.81. The largest absolute Gasteiger partial charge is 0.380 e. The molecule has 0 aliphatic heterocycles. The molecular weight excluding hydrogens is 222 g/mol. The van der Waals surface area contributed by atoms with Crippen LogP contribution in [0, 0.1) is 0 Å². The Hall–Kier alpha value is -0.570. The molecule has 0 aromatic heterocycles. The molecule has 16 heavy (non-hydrogen) atoms. The lowest BCUT2D eigenvalue weighted by Crippen LogP contribution is -2.34. The molecule has 0 amide bonds. The third-order valence-electron chi connectivity index (χ3n) is 2.61. The van der Waals surface area contributed by atoms with E-state index in [-0.39, 0.29) is 6.10 Å². The average molecular weight is 242 g/mol. The van der Waals surface area contributed by atoms with Crippen molar-refractivity contribution in [3.8, 4) is 0 Å². The molecule has 1 aromatic carbocycles. The SMILES string of the molecule is COC(C)CNC(C)Cc1ccc(Cl)cc1. The van der Waals surface area contributed by atoms with Crippen LogP contribution >= 0.6 is 11.6 Å². The van der Waals surface area contributed by atoms with Crippen LogP contribution in [0.3, 0.4) is 0 Å². The third kappa shape index (κ3) is 4.97. The van der Waals surface area contributed by atoms with E-state index in [9.17, 15) is 0 Å². The molecule has 2 nitrogen and oxygen atoms in total. The summed E-state index contributed by atoms with van der Waals surface area (Å²) in [5.74, 6) is 0. The predicted molar refractivity (Wildman–Crippen MR) is 69.1 cm³/mol. The molecule has 3 heteroatoms. The van der Waals surface area contributed by atoms with E-state index in [0.717, 1.165) is 18.0 Å². The molecule has 0 saturated carbocycles. The Morgan fingerprint density at radius 1 is 1.25 bits per heavy atom. The quantitative estimate of drug-likeness (QED) is 0.827. The predicted octanol–water partition coefficient (Wildman–Crippen LogP) is 2.90. The van der Waals surface area contributed by atoms with Crippen molar-refractivity contribution in [2.24, 2.45) is 0 Å². The van der Waals surface area contributed by atoms with E-state index in [1.165, 1.54) is 5.56 Å². The Balaban J connectivity index is 2.33. The molecule has 0 aliphatic carbocycles. The molecule has 0 heterocycles. The molecular formula is C13H20ClNO. The van der Waals surface area contributed by atoms with Crippen LogP contribution < -0.4 is 5.32 Å². The van der Waals surface area contributed by atoms with Gasteiger partial charge in [0.1, 0.15) is 0 Å². The maximum Gasteiger partial charge on any atom is 0.0667 e. The van der Waals surface area contributed by atoms with Crippen molar-refractivity contribution in [3.05, 3.63) is 34.9 Å². The minimum atomic E-state index is 0.257. The van der Waals surface area contributed by atoms with E-state index < -0.39 is 0 Å². The fraction of sp³-hybridized carbons (Fsp3) is 0.538. The van der Waals surface area contributed by atoms with Gasteiger partial charge in [-0.3, -0.25) is 0 Å². The zero-order valence-electron chi connectivity index (χ0n) is 10.2. The fourth-order valence-corrected chi connectivity index (χ4v) is 1.62. The van der Waals surface area contributed by atoms with Gasteiger partial charge in [0.25, 0.3) is 0 Å². The highest BCUT2D eigenvalue weighted by Crippen LogP contribution is 2.10. The van der Waals surface area contributed by atoms with E-state index in [4.69, 9.17) is 16.3 Å². The number of hydrogen-bond donors (Lipinski definition) is 1. The summed E-state index contributed by atoms with van der Waals surface area (Å²) in [5.41, 5.74) is 1.30. The van der Waals surface area contributed by atoms with Crippen LogP contribution in [0.1, 0.15) is 19.4 Å². The van der Waals surface area contributed by atoms with Crippen molar-refractivity contribution in [1.29, 1.82) is 0 Å². The van der Waals surface area contributed by atoms with Gasteiger partial charge < -0.3 is 10.1 Å². The zero-order valence-corrected chi connectivity index (χ0v) is 10.9. The summed E-state index contributed by atoms with van der Waals surface area (Å²) in [6, 6.07) is 8.45. The molecule has 1 aromatic rings. The van der Waals surface area contributed by atoms with Gasteiger partial charge in [0.15, 0.2) is 0 Å². The van der Waals surface area contributed by atoms with Gasteiger partial charge in [0.05, 0.1) is 6.10 Å². The van der Waals surface area contributed by atoms with Crippen molar-refractivity contribution in [2.45, 2.75) is 32.4 Å². The lowest BCUT2D eigenvalue weighted by atomic mass is 10.1. The molecule has 0 bridgehead atoms. The maximum absolute atomic E-state index is 5.84. The molecule has 0 radical (unpaired) electrons. The summed E-state index contributed by atoms with van der Waals surface area (Å²) >= 11 is 5.84. The van der Waals surface area contributed by atoms with E-state index in [0.29, 0.717) is 6.04 Å². The summed E-state index contributed by atoms with van der Waals surface area (Å²) in [6.07, 6.45) is 1.26. The van der Waals surface area contributed by atoms with Gasteiger partial charge in [-0.1, -0.05) is 23.7 Å². The van der Waals surface area contributed by atoms with E-state index in [1.807, 2.05) is 12.1 Å². The monoisotopic (exact) mass is 241 g/mol. The summed E-state index contributed by atoms with van der Waals surface area (Å²) in [4.78, 5) is 0. The lowest BCUT2D eigenvalue weighted by Gasteiger charge is -2.17.